The van der Waals surface area contributed by atoms with Gasteiger partial charge in [0.25, 0.3) is 0 Å². The summed E-state index contributed by atoms with van der Waals surface area (Å²) in [7, 11) is 0. The summed E-state index contributed by atoms with van der Waals surface area (Å²) in [5.74, 6) is 3.35. The summed E-state index contributed by atoms with van der Waals surface area (Å²) in [6.07, 6.45) is 7.75. The number of nitrogens with zero attached hydrogens (tertiary/aromatic N) is 2. The van der Waals surface area contributed by atoms with Crippen molar-refractivity contribution < 1.29 is 4.42 Å². The maximum absolute atomic E-state index is 5.80. The molecule has 18 heavy (non-hydrogen) atoms. The van der Waals surface area contributed by atoms with E-state index in [1.54, 1.807) is 0 Å². The van der Waals surface area contributed by atoms with Gasteiger partial charge in [0.05, 0.1) is 0 Å². The summed E-state index contributed by atoms with van der Waals surface area (Å²) >= 11 is 0. The summed E-state index contributed by atoms with van der Waals surface area (Å²) in [5, 5.41) is 11.8. The molecule has 2 bridgehead atoms. The van der Waals surface area contributed by atoms with Crippen molar-refractivity contribution in [2.24, 2.45) is 16.7 Å². The van der Waals surface area contributed by atoms with E-state index in [0.29, 0.717) is 16.7 Å². The van der Waals surface area contributed by atoms with Gasteiger partial charge in [-0.15, -0.1) is 10.2 Å². The SMILES string of the molecule is C1CC1c1nnc(CC23CC(C4CNC4)(C2)C3)o1. The van der Waals surface area contributed by atoms with Crippen LogP contribution >= 0.6 is 0 Å². The molecule has 4 heteroatoms. The Kier molecular flexibility index (Phi) is 1.65. The highest BCUT2D eigenvalue weighted by Crippen LogP contribution is 2.77. The van der Waals surface area contributed by atoms with Gasteiger partial charge in [0.2, 0.25) is 11.8 Å². The van der Waals surface area contributed by atoms with Crippen molar-refractivity contribution in [3.63, 3.8) is 0 Å². The molecule has 4 aliphatic carbocycles. The van der Waals surface area contributed by atoms with Crippen LogP contribution < -0.4 is 5.32 Å². The predicted octanol–water partition coefficient (Wildman–Crippen LogP) is 1.88. The van der Waals surface area contributed by atoms with Gasteiger partial charge in [-0.2, -0.15) is 0 Å². The lowest BCUT2D eigenvalue weighted by atomic mass is 9.31. The fourth-order valence-corrected chi connectivity index (χ4v) is 4.58. The second-order valence-corrected chi connectivity index (χ2v) is 7.23. The largest absolute Gasteiger partial charge is 0.425 e. The molecule has 5 aliphatic rings. The lowest BCUT2D eigenvalue weighted by Gasteiger charge is -2.75. The van der Waals surface area contributed by atoms with Gasteiger partial charge < -0.3 is 9.73 Å². The van der Waals surface area contributed by atoms with Crippen molar-refractivity contribution in [3.05, 3.63) is 11.8 Å². The molecule has 0 atom stereocenters. The molecule has 1 N–H and O–H groups in total. The van der Waals surface area contributed by atoms with E-state index in [1.165, 1.54) is 45.2 Å². The Hall–Kier alpha value is -0.900. The highest BCUT2D eigenvalue weighted by Gasteiger charge is 2.70. The topological polar surface area (TPSA) is 51.0 Å². The Morgan fingerprint density at radius 1 is 1.17 bits per heavy atom. The molecule has 5 fully saturated rings. The zero-order valence-corrected chi connectivity index (χ0v) is 10.6. The first-order valence-corrected chi connectivity index (χ1v) is 7.30. The normalized spacial score (nSPS) is 42.0. The highest BCUT2D eigenvalue weighted by molar-refractivity contribution is 5.22. The summed E-state index contributed by atoms with van der Waals surface area (Å²) in [4.78, 5) is 0. The van der Waals surface area contributed by atoms with Gasteiger partial charge in [-0.1, -0.05) is 0 Å². The zero-order valence-electron chi connectivity index (χ0n) is 10.6. The molecule has 96 valence electrons. The molecule has 0 spiro atoms. The van der Waals surface area contributed by atoms with E-state index < -0.39 is 0 Å². The lowest BCUT2D eigenvalue weighted by molar-refractivity contribution is -0.244. The average molecular weight is 245 g/mol. The van der Waals surface area contributed by atoms with Crippen LogP contribution in [0.5, 0.6) is 0 Å². The molecule has 0 aromatic carbocycles. The standard InChI is InChI=1S/C14H19N3O/c1-2-9(1)12-17-16-11(18-12)3-13-6-14(7-13,8-13)10-4-15-5-10/h9-10,15H,1-8H2. The monoisotopic (exact) mass is 245 g/mol. The van der Waals surface area contributed by atoms with Crippen LogP contribution in [0, 0.1) is 16.7 Å². The van der Waals surface area contributed by atoms with Crippen molar-refractivity contribution >= 4 is 0 Å². The second kappa shape index (κ2) is 2.98. The maximum Gasteiger partial charge on any atom is 0.219 e. The smallest absolute Gasteiger partial charge is 0.219 e. The van der Waals surface area contributed by atoms with E-state index in [2.05, 4.69) is 15.5 Å². The Bertz CT molecular complexity index is 481. The van der Waals surface area contributed by atoms with Gasteiger partial charge in [0.1, 0.15) is 0 Å². The third-order valence-corrected chi connectivity index (χ3v) is 5.76. The van der Waals surface area contributed by atoms with E-state index in [-0.39, 0.29) is 0 Å². The van der Waals surface area contributed by atoms with Gasteiger partial charge in [-0.05, 0) is 61.9 Å². The van der Waals surface area contributed by atoms with Crippen molar-refractivity contribution in [1.82, 2.24) is 15.5 Å². The second-order valence-electron chi connectivity index (χ2n) is 7.23. The Labute approximate surface area is 107 Å². The van der Waals surface area contributed by atoms with Gasteiger partial charge >= 0.3 is 0 Å². The first kappa shape index (κ1) is 9.96. The van der Waals surface area contributed by atoms with Gasteiger partial charge in [0, 0.05) is 12.3 Å². The van der Waals surface area contributed by atoms with Crippen LogP contribution in [0.1, 0.15) is 49.8 Å². The summed E-state index contributed by atoms with van der Waals surface area (Å²) in [5.41, 5.74) is 1.26. The van der Waals surface area contributed by atoms with E-state index in [4.69, 9.17) is 4.42 Å². The van der Waals surface area contributed by atoms with Crippen LogP contribution in [-0.4, -0.2) is 23.3 Å². The number of hydrogen-bond acceptors (Lipinski definition) is 4. The maximum atomic E-state index is 5.80. The van der Waals surface area contributed by atoms with Crippen molar-refractivity contribution in [1.29, 1.82) is 0 Å². The molecule has 1 aromatic rings. The minimum atomic E-state index is 0.545. The average Bonchev–Trinajstić information content (AvgIpc) is 2.92. The Morgan fingerprint density at radius 2 is 1.94 bits per heavy atom. The van der Waals surface area contributed by atoms with E-state index >= 15 is 0 Å². The Morgan fingerprint density at radius 3 is 2.56 bits per heavy atom. The fourth-order valence-electron chi connectivity index (χ4n) is 4.58. The third kappa shape index (κ3) is 1.20. The molecule has 6 rings (SSSR count). The Balaban J connectivity index is 1.26. The number of hydrogen-bond donors (Lipinski definition) is 1. The van der Waals surface area contributed by atoms with Crippen LogP contribution in [0.15, 0.2) is 4.42 Å². The van der Waals surface area contributed by atoms with Crippen LogP contribution in [0.2, 0.25) is 0 Å². The zero-order chi connectivity index (χ0) is 11.8. The molecular formula is C14H19N3O. The lowest BCUT2D eigenvalue weighted by Crippen LogP contribution is -2.70. The van der Waals surface area contributed by atoms with Crippen molar-refractivity contribution in [2.75, 3.05) is 13.1 Å². The molecule has 2 heterocycles. The summed E-state index contributed by atoms with van der Waals surface area (Å²) in [6.45, 7) is 2.50. The minimum absolute atomic E-state index is 0.545. The van der Waals surface area contributed by atoms with Crippen molar-refractivity contribution in [3.8, 4) is 0 Å². The molecule has 4 saturated carbocycles. The molecular weight excluding hydrogens is 226 g/mol. The first-order chi connectivity index (χ1) is 8.77. The highest BCUT2D eigenvalue weighted by atomic mass is 16.4. The van der Waals surface area contributed by atoms with Crippen LogP contribution in [0.4, 0.5) is 0 Å². The molecule has 1 aliphatic heterocycles. The van der Waals surface area contributed by atoms with E-state index in [1.807, 2.05) is 0 Å². The number of aromatic nitrogens is 2. The van der Waals surface area contributed by atoms with Gasteiger partial charge in [0.15, 0.2) is 0 Å². The third-order valence-electron chi connectivity index (χ3n) is 5.76. The molecule has 0 unspecified atom stereocenters. The molecule has 4 nitrogen and oxygen atoms in total. The van der Waals surface area contributed by atoms with E-state index in [0.717, 1.165) is 24.1 Å². The number of nitrogens with one attached hydrogen (secondary N) is 1. The molecule has 0 amide bonds. The van der Waals surface area contributed by atoms with Crippen molar-refractivity contribution in [2.45, 2.75) is 44.4 Å². The van der Waals surface area contributed by atoms with Crippen LogP contribution in [0.3, 0.4) is 0 Å². The molecule has 1 aromatic heterocycles. The molecule has 1 saturated heterocycles. The van der Waals surface area contributed by atoms with Gasteiger partial charge in [-0.25, -0.2) is 0 Å². The van der Waals surface area contributed by atoms with Crippen LogP contribution in [-0.2, 0) is 6.42 Å². The first-order valence-electron chi connectivity index (χ1n) is 7.30. The minimum Gasteiger partial charge on any atom is -0.425 e. The number of rotatable bonds is 4. The summed E-state index contributed by atoms with van der Waals surface area (Å²) in [6, 6.07) is 0. The molecule has 0 radical (unpaired) electrons. The van der Waals surface area contributed by atoms with E-state index in [9.17, 15) is 0 Å². The predicted molar refractivity (Wildman–Crippen MR) is 65.1 cm³/mol. The quantitative estimate of drug-likeness (QED) is 0.880. The van der Waals surface area contributed by atoms with Crippen LogP contribution in [0.25, 0.3) is 0 Å². The van der Waals surface area contributed by atoms with Gasteiger partial charge in [-0.3, -0.25) is 0 Å². The fraction of sp³-hybridized carbons (Fsp3) is 0.857. The summed E-state index contributed by atoms with van der Waals surface area (Å²) < 4.78 is 5.80.